The van der Waals surface area contributed by atoms with Crippen LogP contribution in [-0.2, 0) is 26.0 Å². The summed E-state index contributed by atoms with van der Waals surface area (Å²) in [6, 6.07) is 11.7. The van der Waals surface area contributed by atoms with Crippen molar-refractivity contribution in [2.75, 3.05) is 27.8 Å². The number of sulfonamides is 1. The second kappa shape index (κ2) is 8.32. The summed E-state index contributed by atoms with van der Waals surface area (Å²) in [6.07, 6.45) is 2.95. The molecule has 2 aliphatic rings. The molecular formula is C22H25N3O5S. The summed E-state index contributed by atoms with van der Waals surface area (Å²) in [5.74, 6) is -0.450. The van der Waals surface area contributed by atoms with Crippen LogP contribution in [0.3, 0.4) is 0 Å². The number of hydrogen-bond donors (Lipinski definition) is 2. The second-order valence-corrected chi connectivity index (χ2v) is 9.84. The summed E-state index contributed by atoms with van der Waals surface area (Å²) >= 11 is 0. The van der Waals surface area contributed by atoms with E-state index in [0.29, 0.717) is 35.7 Å². The minimum Gasteiger partial charge on any atom is -0.368 e. The second-order valence-electron chi connectivity index (χ2n) is 7.98. The van der Waals surface area contributed by atoms with Gasteiger partial charge in [0.1, 0.15) is 6.10 Å². The number of nitrogens with zero attached hydrogens (tertiary/aromatic N) is 1. The number of hydrogen-bond acceptors (Lipinski definition) is 5. The van der Waals surface area contributed by atoms with Crippen molar-refractivity contribution in [3.05, 3.63) is 53.6 Å². The lowest BCUT2D eigenvalue weighted by atomic mass is 10.1. The van der Waals surface area contributed by atoms with Gasteiger partial charge in [-0.25, -0.2) is 8.42 Å². The monoisotopic (exact) mass is 443 g/mol. The molecule has 2 atom stereocenters. The van der Waals surface area contributed by atoms with Crippen LogP contribution < -0.4 is 14.9 Å². The maximum atomic E-state index is 12.7. The Kier molecular flexibility index (Phi) is 5.72. The van der Waals surface area contributed by atoms with E-state index in [4.69, 9.17) is 4.74 Å². The third-order valence-electron chi connectivity index (χ3n) is 5.48. The van der Waals surface area contributed by atoms with E-state index in [-0.39, 0.29) is 17.9 Å². The number of amides is 2. The molecule has 4 rings (SSSR count). The maximum Gasteiger partial charge on any atom is 0.255 e. The van der Waals surface area contributed by atoms with Crippen molar-refractivity contribution in [1.82, 2.24) is 0 Å². The molecule has 8 nitrogen and oxygen atoms in total. The predicted octanol–water partition coefficient (Wildman–Crippen LogP) is 2.77. The van der Waals surface area contributed by atoms with Crippen LogP contribution in [0.25, 0.3) is 0 Å². The average Bonchev–Trinajstić information content (AvgIpc) is 3.35. The lowest BCUT2D eigenvalue weighted by Crippen LogP contribution is -2.34. The van der Waals surface area contributed by atoms with Crippen LogP contribution in [-0.4, -0.2) is 45.2 Å². The minimum absolute atomic E-state index is 0.162. The zero-order valence-corrected chi connectivity index (χ0v) is 18.2. The van der Waals surface area contributed by atoms with Crippen LogP contribution in [0.5, 0.6) is 0 Å². The van der Waals surface area contributed by atoms with Gasteiger partial charge < -0.3 is 15.4 Å². The van der Waals surface area contributed by atoms with Crippen LogP contribution in [0.1, 0.15) is 35.7 Å². The Morgan fingerprint density at radius 3 is 2.35 bits per heavy atom. The molecule has 0 spiro atoms. The molecule has 2 aromatic rings. The van der Waals surface area contributed by atoms with Gasteiger partial charge in [0, 0.05) is 29.6 Å². The Bertz CT molecular complexity index is 1110. The minimum atomic E-state index is -3.37. The zero-order valence-electron chi connectivity index (χ0n) is 17.4. The van der Waals surface area contributed by atoms with Crippen molar-refractivity contribution in [3.63, 3.8) is 0 Å². The summed E-state index contributed by atoms with van der Waals surface area (Å²) in [5.41, 5.74) is 3.13. The maximum absolute atomic E-state index is 12.7. The molecule has 164 valence electrons. The van der Waals surface area contributed by atoms with E-state index < -0.39 is 16.1 Å². The molecule has 1 fully saturated rings. The van der Waals surface area contributed by atoms with Crippen LogP contribution in [0.4, 0.5) is 17.1 Å². The van der Waals surface area contributed by atoms with Crippen LogP contribution >= 0.6 is 0 Å². The summed E-state index contributed by atoms with van der Waals surface area (Å²) in [4.78, 5) is 24.8. The largest absolute Gasteiger partial charge is 0.368 e. The molecule has 0 aliphatic carbocycles. The fraction of sp³-hybridized carbons (Fsp3) is 0.364. The molecule has 31 heavy (non-hydrogen) atoms. The van der Waals surface area contributed by atoms with Crippen LogP contribution in [0.2, 0.25) is 0 Å². The fourth-order valence-electron chi connectivity index (χ4n) is 4.10. The first kappa shape index (κ1) is 21.3. The van der Waals surface area contributed by atoms with Gasteiger partial charge in [0.2, 0.25) is 10.0 Å². The Balaban J connectivity index is 1.42. The molecule has 0 saturated carbocycles. The summed E-state index contributed by atoms with van der Waals surface area (Å²) < 4.78 is 30.9. The van der Waals surface area contributed by atoms with Crippen molar-refractivity contribution in [1.29, 1.82) is 0 Å². The third kappa shape index (κ3) is 4.57. The van der Waals surface area contributed by atoms with Crippen molar-refractivity contribution < 1.29 is 22.7 Å². The van der Waals surface area contributed by atoms with Gasteiger partial charge in [-0.15, -0.1) is 0 Å². The molecule has 1 saturated heterocycles. The zero-order chi connectivity index (χ0) is 22.2. The van der Waals surface area contributed by atoms with Gasteiger partial charge in [-0.1, -0.05) is 0 Å². The molecule has 2 amide bonds. The lowest BCUT2D eigenvalue weighted by Gasteiger charge is -2.21. The summed E-state index contributed by atoms with van der Waals surface area (Å²) in [5, 5.41) is 5.64. The average molecular weight is 444 g/mol. The lowest BCUT2D eigenvalue weighted by molar-refractivity contribution is -0.124. The van der Waals surface area contributed by atoms with Crippen molar-refractivity contribution in [2.24, 2.45) is 0 Å². The highest BCUT2D eigenvalue weighted by Crippen LogP contribution is 2.34. The highest BCUT2D eigenvalue weighted by molar-refractivity contribution is 7.92. The van der Waals surface area contributed by atoms with Gasteiger partial charge in [0.15, 0.2) is 0 Å². The van der Waals surface area contributed by atoms with Gasteiger partial charge >= 0.3 is 0 Å². The fourth-order valence-corrected chi connectivity index (χ4v) is 5.36. The third-order valence-corrected chi connectivity index (χ3v) is 6.76. The number of carbonyl (C=O) groups excluding carboxylic acids is 2. The van der Waals surface area contributed by atoms with Gasteiger partial charge in [-0.3, -0.25) is 13.9 Å². The molecule has 0 bridgehead atoms. The highest BCUT2D eigenvalue weighted by atomic mass is 32.2. The van der Waals surface area contributed by atoms with Gasteiger partial charge in [-0.2, -0.15) is 0 Å². The first-order valence-corrected chi connectivity index (χ1v) is 12.0. The van der Waals surface area contributed by atoms with Crippen LogP contribution in [0, 0.1) is 0 Å². The number of ether oxygens (including phenoxy) is 1. The van der Waals surface area contributed by atoms with E-state index in [1.165, 1.54) is 10.6 Å². The normalized spacial score (nSPS) is 20.4. The molecule has 0 aromatic heterocycles. The van der Waals surface area contributed by atoms with E-state index in [2.05, 4.69) is 10.6 Å². The summed E-state index contributed by atoms with van der Waals surface area (Å²) in [6.45, 7) is 2.46. The molecule has 9 heteroatoms. The number of carbonyl (C=O) groups is 2. The first-order valence-electron chi connectivity index (χ1n) is 10.2. The van der Waals surface area contributed by atoms with E-state index >= 15 is 0 Å². The molecular weight excluding hydrogens is 418 g/mol. The molecule has 2 aromatic carbocycles. The number of benzene rings is 2. The molecule has 0 radical (unpaired) electrons. The summed E-state index contributed by atoms with van der Waals surface area (Å²) in [7, 11) is -3.37. The molecule has 2 heterocycles. The van der Waals surface area contributed by atoms with E-state index in [1.54, 1.807) is 42.5 Å². The van der Waals surface area contributed by atoms with Crippen LogP contribution in [0.15, 0.2) is 42.5 Å². The smallest absolute Gasteiger partial charge is 0.255 e. The Morgan fingerprint density at radius 2 is 1.74 bits per heavy atom. The molecule has 2 aliphatic heterocycles. The molecule has 2 unspecified atom stereocenters. The van der Waals surface area contributed by atoms with Crippen molar-refractivity contribution in [3.8, 4) is 0 Å². The van der Waals surface area contributed by atoms with Crippen molar-refractivity contribution in [2.45, 2.75) is 38.3 Å². The standard InChI is InChI=1S/C22H25N3O5S/c1-14-12-16-13-15(5-10-19(16)25(14)31(2,28)29)21(26)23-17-6-8-18(9-7-17)24-22(27)20-4-3-11-30-20/h5-10,13-14,20H,3-4,11-12H2,1-2H3,(H,23,26)(H,24,27). The Hall–Kier alpha value is -2.91. The molecule has 2 N–H and O–H groups in total. The number of nitrogens with one attached hydrogen (secondary N) is 2. The SMILES string of the molecule is CC1Cc2cc(C(=O)Nc3ccc(NC(=O)C4CCCO4)cc3)ccc2N1S(C)(=O)=O. The topological polar surface area (TPSA) is 105 Å². The van der Waals surface area contributed by atoms with Gasteiger partial charge in [-0.05, 0) is 74.2 Å². The highest BCUT2D eigenvalue weighted by Gasteiger charge is 2.32. The Labute approximate surface area is 181 Å². The van der Waals surface area contributed by atoms with Gasteiger partial charge in [0.25, 0.3) is 11.8 Å². The predicted molar refractivity (Wildman–Crippen MR) is 119 cm³/mol. The van der Waals surface area contributed by atoms with Gasteiger partial charge in [0.05, 0.1) is 11.9 Å². The van der Waals surface area contributed by atoms with E-state index in [0.717, 1.165) is 18.4 Å². The Morgan fingerprint density at radius 1 is 1.06 bits per heavy atom. The number of fused-ring (bicyclic) bond motifs is 1. The number of rotatable bonds is 5. The first-order chi connectivity index (χ1) is 14.7. The quantitative estimate of drug-likeness (QED) is 0.739. The van der Waals surface area contributed by atoms with E-state index in [1.807, 2.05) is 6.92 Å². The van der Waals surface area contributed by atoms with E-state index in [9.17, 15) is 18.0 Å². The van der Waals surface area contributed by atoms with Crippen molar-refractivity contribution >= 4 is 38.9 Å². The number of anilines is 3.